The van der Waals surface area contributed by atoms with Gasteiger partial charge < -0.3 is 14.2 Å². The Kier molecular flexibility index (Phi) is 7.14. The summed E-state index contributed by atoms with van der Waals surface area (Å²) in [5.74, 6) is 2.55. The highest BCUT2D eigenvalue weighted by Crippen LogP contribution is 2.40. The molecule has 9 nitrogen and oxygen atoms in total. The van der Waals surface area contributed by atoms with Crippen LogP contribution in [-0.4, -0.2) is 51.7 Å². The van der Waals surface area contributed by atoms with Gasteiger partial charge >= 0.3 is 0 Å². The Morgan fingerprint density at radius 1 is 0.538 bits per heavy atom. The van der Waals surface area contributed by atoms with E-state index in [1.807, 2.05) is 24.3 Å². The predicted octanol–water partition coefficient (Wildman–Crippen LogP) is 5.68. The maximum absolute atomic E-state index is 5.45. The largest absolute Gasteiger partial charge is 0.493 e. The van der Waals surface area contributed by atoms with E-state index in [0.29, 0.717) is 34.6 Å². The zero-order chi connectivity index (χ0) is 27.5. The predicted molar refractivity (Wildman–Crippen MR) is 149 cm³/mol. The molecule has 2 heterocycles. The fourth-order valence-corrected chi connectivity index (χ4v) is 4.29. The van der Waals surface area contributed by atoms with Gasteiger partial charge in [-0.05, 0) is 67.8 Å². The molecule has 0 unspecified atom stereocenters. The number of ether oxygens (including phenoxy) is 3. The molecule has 0 bridgehead atoms. The fraction of sp³-hybridized carbons (Fsp3) is 0.200. The number of benzene rings is 3. The van der Waals surface area contributed by atoms with Crippen LogP contribution < -0.4 is 14.2 Å². The van der Waals surface area contributed by atoms with Crippen LogP contribution in [0.1, 0.15) is 16.7 Å². The normalized spacial score (nSPS) is 10.8. The van der Waals surface area contributed by atoms with Gasteiger partial charge in [0.15, 0.2) is 23.1 Å². The average Bonchev–Trinajstić information content (AvgIpc) is 2.99. The molecule has 0 saturated heterocycles. The van der Waals surface area contributed by atoms with Crippen molar-refractivity contribution in [3.8, 4) is 62.5 Å². The van der Waals surface area contributed by atoms with Gasteiger partial charge in [0.05, 0.1) is 33.7 Å². The van der Waals surface area contributed by atoms with Crippen LogP contribution in [0.15, 0.2) is 60.9 Å². The van der Waals surface area contributed by atoms with Crippen molar-refractivity contribution in [3.05, 3.63) is 77.6 Å². The molecule has 0 atom stereocenters. The lowest BCUT2D eigenvalue weighted by Gasteiger charge is -2.13. The molecule has 5 rings (SSSR count). The van der Waals surface area contributed by atoms with Gasteiger partial charge in [0.2, 0.25) is 5.75 Å². The second-order valence-electron chi connectivity index (χ2n) is 9.06. The summed E-state index contributed by atoms with van der Waals surface area (Å²) in [6.45, 7) is 6.32. The van der Waals surface area contributed by atoms with Crippen LogP contribution in [0.25, 0.3) is 45.3 Å². The molecule has 0 radical (unpaired) electrons. The maximum atomic E-state index is 5.45. The molecule has 0 fully saturated rings. The van der Waals surface area contributed by atoms with Crippen LogP contribution in [0.2, 0.25) is 0 Å². The molecular weight excluding hydrogens is 492 g/mol. The molecule has 0 spiro atoms. The summed E-state index contributed by atoms with van der Waals surface area (Å²) in [6.07, 6.45) is 3.41. The first-order valence-electron chi connectivity index (χ1n) is 12.3. The second-order valence-corrected chi connectivity index (χ2v) is 9.06. The third-order valence-electron chi connectivity index (χ3n) is 6.69. The van der Waals surface area contributed by atoms with E-state index in [1.54, 1.807) is 45.9 Å². The van der Waals surface area contributed by atoms with Crippen molar-refractivity contribution in [1.82, 2.24) is 30.4 Å². The Hall–Kier alpha value is -4.92. The van der Waals surface area contributed by atoms with Gasteiger partial charge in [-0.1, -0.05) is 18.2 Å². The minimum Gasteiger partial charge on any atom is -0.493 e. The van der Waals surface area contributed by atoms with Crippen LogP contribution in [0.3, 0.4) is 0 Å². The van der Waals surface area contributed by atoms with Crippen molar-refractivity contribution in [2.75, 3.05) is 21.3 Å². The topological polar surface area (TPSA) is 105 Å². The SMILES string of the molecule is COc1cc(-c2cnc(-c3cccc(-c4ncc(-c5cc(C)c(C)c(C)c5)nn4)c3)nn2)cc(OC)c1OC. The number of aromatic nitrogens is 6. The molecule has 2 aromatic heterocycles. The monoisotopic (exact) mass is 520 g/mol. The van der Waals surface area contributed by atoms with Gasteiger partial charge in [-0.15, -0.1) is 20.4 Å². The summed E-state index contributed by atoms with van der Waals surface area (Å²) in [5.41, 5.74) is 8.35. The first-order chi connectivity index (χ1) is 18.9. The molecule has 0 aliphatic heterocycles. The van der Waals surface area contributed by atoms with Gasteiger partial charge in [-0.2, -0.15) is 0 Å². The van der Waals surface area contributed by atoms with Crippen molar-refractivity contribution in [3.63, 3.8) is 0 Å². The number of rotatable bonds is 7. The van der Waals surface area contributed by atoms with Crippen molar-refractivity contribution in [1.29, 1.82) is 0 Å². The number of hydrogen-bond acceptors (Lipinski definition) is 9. The van der Waals surface area contributed by atoms with Gasteiger partial charge in [0.25, 0.3) is 0 Å². The summed E-state index contributed by atoms with van der Waals surface area (Å²) in [5, 5.41) is 17.6. The lowest BCUT2D eigenvalue weighted by atomic mass is 9.99. The average molecular weight is 521 g/mol. The quantitative estimate of drug-likeness (QED) is 0.268. The van der Waals surface area contributed by atoms with E-state index < -0.39 is 0 Å². The van der Waals surface area contributed by atoms with Crippen LogP contribution >= 0.6 is 0 Å². The second kappa shape index (κ2) is 10.8. The molecule has 5 aromatic rings. The minimum atomic E-state index is 0.475. The minimum absolute atomic E-state index is 0.475. The number of nitrogens with zero attached hydrogens (tertiary/aromatic N) is 6. The molecule has 3 aromatic carbocycles. The molecule has 0 aliphatic rings. The van der Waals surface area contributed by atoms with Gasteiger partial charge in [0.1, 0.15) is 11.4 Å². The third kappa shape index (κ3) is 5.11. The van der Waals surface area contributed by atoms with E-state index in [-0.39, 0.29) is 0 Å². The summed E-state index contributed by atoms with van der Waals surface area (Å²) >= 11 is 0. The highest BCUT2D eigenvalue weighted by molar-refractivity contribution is 5.70. The van der Waals surface area contributed by atoms with E-state index in [0.717, 1.165) is 27.9 Å². The number of aryl methyl sites for hydroxylation is 2. The first kappa shape index (κ1) is 25.7. The molecule has 0 aliphatic carbocycles. The van der Waals surface area contributed by atoms with Crippen molar-refractivity contribution in [2.24, 2.45) is 0 Å². The van der Waals surface area contributed by atoms with Crippen LogP contribution in [0.5, 0.6) is 17.2 Å². The van der Waals surface area contributed by atoms with E-state index in [1.165, 1.54) is 16.7 Å². The zero-order valence-corrected chi connectivity index (χ0v) is 22.7. The third-order valence-corrected chi connectivity index (χ3v) is 6.69. The summed E-state index contributed by atoms with van der Waals surface area (Å²) in [7, 11) is 4.70. The van der Waals surface area contributed by atoms with E-state index >= 15 is 0 Å². The van der Waals surface area contributed by atoms with Crippen LogP contribution in [0, 0.1) is 20.8 Å². The van der Waals surface area contributed by atoms with E-state index in [4.69, 9.17) is 14.2 Å². The number of methoxy groups -OCH3 is 3. The Morgan fingerprint density at radius 2 is 1.03 bits per heavy atom. The zero-order valence-electron chi connectivity index (χ0n) is 22.7. The van der Waals surface area contributed by atoms with Crippen molar-refractivity contribution in [2.45, 2.75) is 20.8 Å². The van der Waals surface area contributed by atoms with Crippen LogP contribution in [-0.2, 0) is 0 Å². The number of hydrogen-bond donors (Lipinski definition) is 0. The Bertz CT molecular complexity index is 1590. The molecule has 196 valence electrons. The molecule has 9 heteroatoms. The Labute approximate surface area is 226 Å². The highest BCUT2D eigenvalue weighted by atomic mass is 16.5. The molecule has 0 saturated carbocycles. The first-order valence-corrected chi connectivity index (χ1v) is 12.3. The molecular formula is C30H28N6O3. The highest BCUT2D eigenvalue weighted by Gasteiger charge is 2.16. The van der Waals surface area contributed by atoms with Gasteiger partial charge in [0, 0.05) is 22.3 Å². The molecule has 39 heavy (non-hydrogen) atoms. The maximum Gasteiger partial charge on any atom is 0.203 e. The van der Waals surface area contributed by atoms with Crippen LogP contribution in [0.4, 0.5) is 0 Å². The summed E-state index contributed by atoms with van der Waals surface area (Å²) in [6, 6.07) is 15.5. The lowest BCUT2D eigenvalue weighted by molar-refractivity contribution is 0.324. The van der Waals surface area contributed by atoms with Crippen molar-refractivity contribution >= 4 is 0 Å². The van der Waals surface area contributed by atoms with Crippen molar-refractivity contribution < 1.29 is 14.2 Å². The summed E-state index contributed by atoms with van der Waals surface area (Å²) in [4.78, 5) is 9.13. The van der Waals surface area contributed by atoms with Gasteiger partial charge in [-0.25, -0.2) is 9.97 Å². The Balaban J connectivity index is 1.41. The Morgan fingerprint density at radius 3 is 1.44 bits per heavy atom. The van der Waals surface area contributed by atoms with Gasteiger partial charge in [-0.3, -0.25) is 0 Å². The summed E-state index contributed by atoms with van der Waals surface area (Å²) < 4.78 is 16.3. The standard InChI is InChI=1S/C30H28N6O3/c1-17-10-22(11-18(2)19(17)3)24-15-31-29(35-33-24)20-8-7-9-21(12-20)30-32-16-25(34-36-30)23-13-26(37-4)28(39-6)27(14-23)38-5/h7-16H,1-6H3. The molecule has 0 amide bonds. The molecule has 0 N–H and O–H groups in total. The lowest BCUT2D eigenvalue weighted by Crippen LogP contribution is -1.99. The van der Waals surface area contributed by atoms with E-state index in [9.17, 15) is 0 Å². The fourth-order valence-electron chi connectivity index (χ4n) is 4.29. The smallest absolute Gasteiger partial charge is 0.203 e. The van der Waals surface area contributed by atoms with E-state index in [2.05, 4.69) is 63.3 Å².